The third-order valence-corrected chi connectivity index (χ3v) is 4.22. The summed E-state index contributed by atoms with van der Waals surface area (Å²) in [5.74, 6) is 1.41. The van der Waals surface area contributed by atoms with Gasteiger partial charge in [-0.2, -0.15) is 0 Å². The highest BCUT2D eigenvalue weighted by molar-refractivity contribution is 6.69. The Balaban J connectivity index is 2.37. The number of benzene rings is 1. The molecule has 0 saturated carbocycles. The molecule has 1 aliphatic rings. The second kappa shape index (κ2) is 7.70. The van der Waals surface area contributed by atoms with Gasteiger partial charge in [-0.1, -0.05) is 11.2 Å². The van der Waals surface area contributed by atoms with Gasteiger partial charge in [0, 0.05) is 12.0 Å². The van der Waals surface area contributed by atoms with E-state index in [-0.39, 0.29) is 12.7 Å². The largest absolute Gasteiger partial charge is 0.486 e. The number of hydrogen-bond acceptors (Lipinski definition) is 5. The maximum Gasteiger partial charge on any atom is 0.184 e. The molecule has 126 valence electrons. The Labute approximate surface area is 137 Å². The number of hydrogen-bond donors (Lipinski definition) is 0. The molecule has 0 saturated heterocycles. The lowest BCUT2D eigenvalue weighted by molar-refractivity contribution is 0.0980. The lowest BCUT2D eigenvalue weighted by Crippen LogP contribution is -2.34. The van der Waals surface area contributed by atoms with Crippen molar-refractivity contribution < 1.29 is 18.6 Å². The zero-order valence-electron chi connectivity index (χ0n) is 14.0. The molecule has 1 aromatic rings. The Morgan fingerprint density at radius 3 is 2.57 bits per heavy atom. The van der Waals surface area contributed by atoms with Crippen molar-refractivity contribution in [1.82, 2.24) is 0 Å². The third-order valence-electron chi connectivity index (χ3n) is 3.26. The highest BCUT2D eigenvalue weighted by Gasteiger charge is 2.30. The monoisotopic (exact) mass is 337 g/mol. The van der Waals surface area contributed by atoms with Gasteiger partial charge in [-0.3, -0.25) is 0 Å². The molecule has 0 N–H and O–H groups in total. The number of ether oxygens (including phenoxy) is 3. The van der Waals surface area contributed by atoms with E-state index >= 15 is 0 Å². The van der Waals surface area contributed by atoms with Crippen LogP contribution in [-0.4, -0.2) is 41.3 Å². The molecule has 2 rings (SSSR count). The fraction of sp³-hybridized carbons (Fsp3) is 0.600. The second-order valence-corrected chi connectivity index (χ2v) is 10.7. The van der Waals surface area contributed by atoms with Crippen molar-refractivity contribution in [3.05, 3.63) is 34.2 Å². The number of azide groups is 1. The zero-order valence-corrected chi connectivity index (χ0v) is 15.0. The van der Waals surface area contributed by atoms with Crippen LogP contribution in [0, 0.1) is 0 Å². The molecule has 8 heteroatoms. The van der Waals surface area contributed by atoms with E-state index in [1.165, 1.54) is 0 Å². The van der Waals surface area contributed by atoms with Crippen LogP contribution in [0.25, 0.3) is 10.4 Å². The van der Waals surface area contributed by atoms with Crippen LogP contribution in [0.3, 0.4) is 0 Å². The van der Waals surface area contributed by atoms with E-state index in [1.54, 1.807) is 7.11 Å². The van der Waals surface area contributed by atoms with Gasteiger partial charge in [-0.25, -0.2) is 0 Å². The van der Waals surface area contributed by atoms with E-state index < -0.39 is 14.4 Å². The molecule has 0 aliphatic carbocycles. The van der Waals surface area contributed by atoms with Gasteiger partial charge in [0.05, 0.1) is 18.8 Å². The Morgan fingerprint density at radius 2 is 1.96 bits per heavy atom. The van der Waals surface area contributed by atoms with Crippen LogP contribution in [0.15, 0.2) is 23.3 Å². The number of fused-ring (bicyclic) bond motifs is 1. The van der Waals surface area contributed by atoms with Crippen LogP contribution in [0.1, 0.15) is 11.7 Å². The average Bonchev–Trinajstić information content (AvgIpc) is 2.51. The first-order chi connectivity index (χ1) is 10.9. The second-order valence-electron chi connectivity index (χ2n) is 6.28. The molecular weight excluding hydrogens is 314 g/mol. The minimum Gasteiger partial charge on any atom is -0.486 e. The summed E-state index contributed by atoms with van der Waals surface area (Å²) in [5, 5.41) is 3.87. The lowest BCUT2D eigenvalue weighted by atomic mass is 10.0. The summed E-state index contributed by atoms with van der Waals surface area (Å²) >= 11 is 0. The van der Waals surface area contributed by atoms with Crippen LogP contribution >= 0.6 is 0 Å². The van der Waals surface area contributed by atoms with E-state index in [1.807, 2.05) is 18.2 Å². The Hall–Kier alpha value is -1.73. The lowest BCUT2D eigenvalue weighted by Gasteiger charge is -2.31. The van der Waals surface area contributed by atoms with Crippen LogP contribution in [0.2, 0.25) is 19.6 Å². The summed E-state index contributed by atoms with van der Waals surface area (Å²) in [6.07, 6.45) is -0.381. The van der Waals surface area contributed by atoms with E-state index in [9.17, 15) is 0 Å². The van der Waals surface area contributed by atoms with Gasteiger partial charge in [-0.05, 0) is 42.9 Å². The van der Waals surface area contributed by atoms with Gasteiger partial charge in [0.15, 0.2) is 19.8 Å². The topological polar surface area (TPSA) is 85.7 Å². The third kappa shape index (κ3) is 4.87. The summed E-state index contributed by atoms with van der Waals surface area (Å²) in [7, 11) is -0.292. The maximum absolute atomic E-state index is 8.86. The molecular formula is C15H23N3O4Si. The minimum absolute atomic E-state index is 0.285. The fourth-order valence-electron chi connectivity index (χ4n) is 2.40. The molecule has 0 fully saturated rings. The van der Waals surface area contributed by atoms with Crippen LogP contribution in [-0.2, 0) is 9.16 Å². The Kier molecular flexibility index (Phi) is 5.89. The Morgan fingerprint density at radius 1 is 1.26 bits per heavy atom. The van der Waals surface area contributed by atoms with Crippen LogP contribution < -0.4 is 9.47 Å². The smallest absolute Gasteiger partial charge is 0.184 e. The maximum atomic E-state index is 8.86. The van der Waals surface area contributed by atoms with Gasteiger partial charge in [0.25, 0.3) is 0 Å². The van der Waals surface area contributed by atoms with Gasteiger partial charge in [0.1, 0.15) is 13.2 Å². The Bertz CT molecular complexity index is 585. The molecule has 7 nitrogen and oxygen atoms in total. The fourth-order valence-corrected chi connectivity index (χ4v) is 3.46. The van der Waals surface area contributed by atoms with Crippen molar-refractivity contribution in [3.63, 3.8) is 0 Å². The van der Waals surface area contributed by atoms with Crippen molar-refractivity contribution >= 4 is 8.32 Å². The first-order valence-electron chi connectivity index (χ1n) is 7.55. The first kappa shape index (κ1) is 17.6. The van der Waals surface area contributed by atoms with Crippen LogP contribution in [0.4, 0.5) is 0 Å². The summed E-state index contributed by atoms with van der Waals surface area (Å²) < 4.78 is 22.7. The van der Waals surface area contributed by atoms with E-state index in [0.29, 0.717) is 19.0 Å². The van der Waals surface area contributed by atoms with E-state index in [2.05, 4.69) is 29.7 Å². The minimum atomic E-state index is -1.87. The molecule has 0 spiro atoms. The highest BCUT2D eigenvalue weighted by Crippen LogP contribution is 2.36. The normalized spacial score (nSPS) is 16.3. The molecule has 1 aromatic carbocycles. The average molecular weight is 337 g/mol. The molecule has 0 radical (unpaired) electrons. The van der Waals surface area contributed by atoms with Crippen molar-refractivity contribution in [2.75, 3.05) is 26.9 Å². The quantitative estimate of drug-likeness (QED) is 0.329. The molecule has 23 heavy (non-hydrogen) atoms. The number of methoxy groups -OCH3 is 1. The van der Waals surface area contributed by atoms with E-state index in [0.717, 1.165) is 11.3 Å². The molecule has 1 unspecified atom stereocenters. The van der Waals surface area contributed by atoms with Crippen molar-refractivity contribution in [1.29, 1.82) is 0 Å². The molecule has 2 atom stereocenters. The predicted molar refractivity (Wildman–Crippen MR) is 89.4 cm³/mol. The zero-order chi connectivity index (χ0) is 16.9. The van der Waals surface area contributed by atoms with Crippen molar-refractivity contribution in [2.24, 2.45) is 5.11 Å². The summed E-state index contributed by atoms with van der Waals surface area (Å²) in [6, 6.07) is 5.24. The van der Waals surface area contributed by atoms with Crippen molar-refractivity contribution in [2.45, 2.75) is 31.8 Å². The van der Waals surface area contributed by atoms with Gasteiger partial charge in [0.2, 0.25) is 0 Å². The van der Waals surface area contributed by atoms with Crippen LogP contribution in [0.5, 0.6) is 11.5 Å². The molecule has 0 amide bonds. The SMILES string of the molecule is COC[C@@H](N=[N+]=[N-])C(O[Si](C)(C)C)c1ccc2c(c1)OCCO2. The standard InChI is InChI=1S/C15H23N3O4Si/c1-19-10-12(17-18-16)15(22-23(2,3)4)11-5-6-13-14(9-11)21-8-7-20-13/h5-6,9,12,15H,7-8,10H2,1-4H3/t12-,15?/m1/s1. The molecule has 0 bridgehead atoms. The predicted octanol–water partition coefficient (Wildman–Crippen LogP) is 3.68. The molecule has 0 aromatic heterocycles. The number of nitrogens with zero attached hydrogens (tertiary/aromatic N) is 3. The molecule has 1 heterocycles. The van der Waals surface area contributed by atoms with Crippen molar-refractivity contribution in [3.8, 4) is 11.5 Å². The first-order valence-corrected chi connectivity index (χ1v) is 11.0. The van der Waals surface area contributed by atoms with Gasteiger partial charge in [-0.15, -0.1) is 0 Å². The van der Waals surface area contributed by atoms with Gasteiger partial charge < -0.3 is 18.6 Å². The van der Waals surface area contributed by atoms with E-state index in [4.69, 9.17) is 24.2 Å². The number of rotatable bonds is 7. The molecule has 1 aliphatic heterocycles. The highest BCUT2D eigenvalue weighted by atomic mass is 28.4. The van der Waals surface area contributed by atoms with Gasteiger partial charge >= 0.3 is 0 Å². The summed E-state index contributed by atoms with van der Waals surface area (Å²) in [6.45, 7) is 7.64. The summed E-state index contributed by atoms with van der Waals surface area (Å²) in [4.78, 5) is 2.94. The summed E-state index contributed by atoms with van der Waals surface area (Å²) in [5.41, 5.74) is 9.76.